The van der Waals surface area contributed by atoms with Crippen LogP contribution in [0.4, 0.5) is 0 Å². The van der Waals surface area contributed by atoms with E-state index in [9.17, 15) is 4.79 Å². The molecule has 0 radical (unpaired) electrons. The summed E-state index contributed by atoms with van der Waals surface area (Å²) in [5.74, 6) is 0.0723. The summed E-state index contributed by atoms with van der Waals surface area (Å²) in [6.07, 6.45) is 4.98. The molecule has 1 rings (SSSR count). The van der Waals surface area contributed by atoms with Crippen molar-refractivity contribution in [3.05, 3.63) is 12.3 Å². The molecular weight excluding hydrogens is 128 g/mol. The van der Waals surface area contributed by atoms with E-state index in [0.717, 1.165) is 0 Å². The molecule has 0 spiro atoms. The quantitative estimate of drug-likeness (QED) is 0.526. The first-order valence-electron chi connectivity index (χ1n) is 3.14. The van der Waals surface area contributed by atoms with Crippen molar-refractivity contribution in [1.29, 1.82) is 0 Å². The van der Waals surface area contributed by atoms with E-state index in [1.807, 2.05) is 13.2 Å². The minimum absolute atomic E-state index is 0.0723. The van der Waals surface area contributed by atoms with Gasteiger partial charge in [-0.2, -0.15) is 0 Å². The maximum atomic E-state index is 10.8. The van der Waals surface area contributed by atoms with Gasteiger partial charge in [0.1, 0.15) is 0 Å². The monoisotopic (exact) mass is 138 g/mol. The molecule has 0 fully saturated rings. The largest absolute Gasteiger partial charge is 0.353 e. The van der Waals surface area contributed by atoms with Gasteiger partial charge < -0.3 is 4.90 Å². The molecule has 0 saturated heterocycles. The Morgan fingerprint density at radius 2 is 2.40 bits per heavy atom. The Balaban J connectivity index is 2.70. The molecule has 1 unspecified atom stereocenters. The molecule has 0 aromatic carbocycles. The lowest BCUT2D eigenvalue weighted by Gasteiger charge is -2.22. The van der Waals surface area contributed by atoms with Gasteiger partial charge in [-0.05, 0) is 13.0 Å². The first-order chi connectivity index (χ1) is 4.72. The molecule has 0 saturated carbocycles. The van der Waals surface area contributed by atoms with E-state index in [1.54, 1.807) is 17.2 Å². The van der Waals surface area contributed by atoms with E-state index < -0.39 is 0 Å². The zero-order valence-electron chi connectivity index (χ0n) is 6.11. The number of likely N-dealkylation sites (N-methyl/N-ethyl adjacent to an activating group) is 1. The third-order valence-corrected chi connectivity index (χ3v) is 1.38. The van der Waals surface area contributed by atoms with Crippen molar-refractivity contribution in [2.45, 2.75) is 13.1 Å². The van der Waals surface area contributed by atoms with Gasteiger partial charge in [0.2, 0.25) is 0 Å². The molecule has 0 bridgehead atoms. The van der Waals surface area contributed by atoms with Crippen molar-refractivity contribution in [2.75, 3.05) is 7.05 Å². The van der Waals surface area contributed by atoms with Crippen LogP contribution < -0.4 is 0 Å². The van der Waals surface area contributed by atoms with Crippen LogP contribution in [-0.2, 0) is 4.79 Å². The van der Waals surface area contributed by atoms with E-state index in [1.165, 1.54) is 6.92 Å². The molecule has 10 heavy (non-hydrogen) atoms. The second kappa shape index (κ2) is 2.64. The number of carbonyl (C=O) groups excluding carboxylic acids is 1. The minimum Gasteiger partial charge on any atom is -0.353 e. The molecule has 3 nitrogen and oxygen atoms in total. The summed E-state index contributed by atoms with van der Waals surface area (Å²) in [6, 6.07) is 0. The standard InChI is InChI=1S/C7H10N2O/c1-6(10)7-8-4-3-5-9(7)2/h3-5,7H,1-2H3. The van der Waals surface area contributed by atoms with Crippen molar-refractivity contribution < 1.29 is 4.79 Å². The minimum atomic E-state index is -0.301. The second-order valence-corrected chi connectivity index (χ2v) is 2.29. The van der Waals surface area contributed by atoms with Crippen LogP contribution in [0.15, 0.2) is 17.3 Å². The summed E-state index contributed by atoms with van der Waals surface area (Å²) in [5, 5.41) is 0. The number of nitrogens with zero attached hydrogens (tertiary/aromatic N) is 2. The Kier molecular flexibility index (Phi) is 1.85. The first-order valence-corrected chi connectivity index (χ1v) is 3.14. The fraction of sp³-hybridized carbons (Fsp3) is 0.429. The molecule has 1 heterocycles. The SMILES string of the molecule is CC(=O)C1N=CC=CN1C. The number of aliphatic imine (C=N–C) groups is 1. The number of rotatable bonds is 1. The van der Waals surface area contributed by atoms with Gasteiger partial charge >= 0.3 is 0 Å². The smallest absolute Gasteiger partial charge is 0.179 e. The lowest BCUT2D eigenvalue weighted by Crippen LogP contribution is -2.33. The van der Waals surface area contributed by atoms with Crippen LogP contribution in [0, 0.1) is 0 Å². The highest BCUT2D eigenvalue weighted by Crippen LogP contribution is 2.03. The summed E-state index contributed by atoms with van der Waals surface area (Å²) in [5.41, 5.74) is 0. The van der Waals surface area contributed by atoms with Crippen molar-refractivity contribution >= 4 is 12.0 Å². The van der Waals surface area contributed by atoms with Crippen LogP contribution in [0.3, 0.4) is 0 Å². The highest BCUT2D eigenvalue weighted by molar-refractivity contribution is 5.85. The van der Waals surface area contributed by atoms with Crippen molar-refractivity contribution in [3.63, 3.8) is 0 Å². The van der Waals surface area contributed by atoms with E-state index in [2.05, 4.69) is 4.99 Å². The number of hydrogen-bond acceptors (Lipinski definition) is 3. The zero-order valence-corrected chi connectivity index (χ0v) is 6.11. The summed E-state index contributed by atoms with van der Waals surface area (Å²) < 4.78 is 0. The van der Waals surface area contributed by atoms with E-state index >= 15 is 0 Å². The van der Waals surface area contributed by atoms with Gasteiger partial charge in [-0.3, -0.25) is 9.79 Å². The first kappa shape index (κ1) is 6.99. The van der Waals surface area contributed by atoms with Crippen molar-refractivity contribution in [2.24, 2.45) is 4.99 Å². The maximum absolute atomic E-state index is 10.8. The summed E-state index contributed by atoms with van der Waals surface area (Å²) in [6.45, 7) is 1.54. The van der Waals surface area contributed by atoms with Gasteiger partial charge in [-0.15, -0.1) is 0 Å². The van der Waals surface area contributed by atoms with E-state index in [0.29, 0.717) is 0 Å². The van der Waals surface area contributed by atoms with E-state index in [4.69, 9.17) is 0 Å². The van der Waals surface area contributed by atoms with Crippen LogP contribution in [0.5, 0.6) is 0 Å². The van der Waals surface area contributed by atoms with Gasteiger partial charge in [0.05, 0.1) is 0 Å². The number of Topliss-reactive ketones (excluding diaryl/α,β-unsaturated/α-hetero) is 1. The molecule has 54 valence electrons. The van der Waals surface area contributed by atoms with Crippen LogP contribution in [0.1, 0.15) is 6.92 Å². The Bertz CT molecular complexity index is 196. The van der Waals surface area contributed by atoms with Gasteiger partial charge in [-0.1, -0.05) is 0 Å². The zero-order chi connectivity index (χ0) is 7.56. The highest BCUT2D eigenvalue weighted by atomic mass is 16.1. The fourth-order valence-electron chi connectivity index (χ4n) is 0.884. The summed E-state index contributed by atoms with van der Waals surface area (Å²) in [7, 11) is 1.83. The summed E-state index contributed by atoms with van der Waals surface area (Å²) in [4.78, 5) is 16.6. The third kappa shape index (κ3) is 1.23. The predicted molar refractivity (Wildman–Crippen MR) is 39.9 cm³/mol. The Morgan fingerprint density at radius 3 is 2.80 bits per heavy atom. The lowest BCUT2D eigenvalue weighted by atomic mass is 10.3. The van der Waals surface area contributed by atoms with Gasteiger partial charge in [-0.25, -0.2) is 0 Å². The van der Waals surface area contributed by atoms with E-state index in [-0.39, 0.29) is 11.9 Å². The molecule has 1 aliphatic heterocycles. The van der Waals surface area contributed by atoms with Crippen molar-refractivity contribution in [1.82, 2.24) is 4.90 Å². The normalized spacial score (nSPS) is 23.4. The Hall–Kier alpha value is -1.12. The number of hydrogen-bond donors (Lipinski definition) is 0. The van der Waals surface area contributed by atoms with Crippen molar-refractivity contribution in [3.8, 4) is 0 Å². The lowest BCUT2D eigenvalue weighted by molar-refractivity contribution is -0.120. The third-order valence-electron chi connectivity index (χ3n) is 1.38. The molecule has 0 N–H and O–H groups in total. The van der Waals surface area contributed by atoms with Crippen LogP contribution in [-0.4, -0.2) is 30.1 Å². The molecule has 0 aromatic rings. The molecular formula is C7H10N2O. The van der Waals surface area contributed by atoms with Gasteiger partial charge in [0, 0.05) is 19.5 Å². The molecule has 0 amide bonds. The molecule has 0 aliphatic carbocycles. The van der Waals surface area contributed by atoms with Crippen LogP contribution >= 0.6 is 0 Å². The average molecular weight is 138 g/mol. The van der Waals surface area contributed by atoms with Gasteiger partial charge in [0.15, 0.2) is 11.9 Å². The Morgan fingerprint density at radius 1 is 1.70 bits per heavy atom. The summed E-state index contributed by atoms with van der Waals surface area (Å²) >= 11 is 0. The molecule has 0 aromatic heterocycles. The molecule has 1 atom stereocenters. The predicted octanol–water partition coefficient (Wildman–Crippen LogP) is 0.431. The molecule has 3 heteroatoms. The maximum Gasteiger partial charge on any atom is 0.179 e. The number of allylic oxidation sites excluding steroid dienone is 1. The Labute approximate surface area is 60.1 Å². The fourth-order valence-corrected chi connectivity index (χ4v) is 0.884. The van der Waals surface area contributed by atoms with Crippen LogP contribution in [0.25, 0.3) is 0 Å². The van der Waals surface area contributed by atoms with Crippen LogP contribution in [0.2, 0.25) is 0 Å². The second-order valence-electron chi connectivity index (χ2n) is 2.29. The number of carbonyl (C=O) groups is 1. The van der Waals surface area contributed by atoms with Gasteiger partial charge in [0.25, 0.3) is 0 Å². The molecule has 1 aliphatic rings. The highest BCUT2D eigenvalue weighted by Gasteiger charge is 2.15. The topological polar surface area (TPSA) is 32.7 Å². The average Bonchev–Trinajstić information content (AvgIpc) is 1.88. The number of ketones is 1.